The first-order valence-corrected chi connectivity index (χ1v) is 17.2. The average molecular weight is 690 g/mol. The Bertz CT molecular complexity index is 2040. The van der Waals surface area contributed by atoms with Crippen molar-refractivity contribution in [3.63, 3.8) is 0 Å². The van der Waals surface area contributed by atoms with Crippen LogP contribution in [0.2, 0.25) is 0 Å². The fourth-order valence-corrected chi connectivity index (χ4v) is 8.46. The summed E-state index contributed by atoms with van der Waals surface area (Å²) in [5, 5.41) is 21.4. The summed E-state index contributed by atoms with van der Waals surface area (Å²) in [5.74, 6) is -0.499. The number of hydrogen-bond acceptors (Lipinski definition) is 8. The molecule has 3 amide bonds. The van der Waals surface area contributed by atoms with E-state index in [1.54, 1.807) is 28.5 Å². The van der Waals surface area contributed by atoms with E-state index in [0.717, 1.165) is 5.56 Å². The van der Waals surface area contributed by atoms with Crippen LogP contribution in [0.4, 0.5) is 28.4 Å². The van der Waals surface area contributed by atoms with Gasteiger partial charge in [0.15, 0.2) is 18.8 Å². The molecule has 4 aromatic rings. The van der Waals surface area contributed by atoms with Gasteiger partial charge in [-0.25, -0.2) is 0 Å². The van der Waals surface area contributed by atoms with Gasteiger partial charge in [-0.2, -0.15) is 0 Å². The Balaban J connectivity index is 1.20. The molecule has 51 heavy (non-hydrogen) atoms. The minimum absolute atomic E-state index is 0.0648. The van der Waals surface area contributed by atoms with Crippen molar-refractivity contribution in [1.29, 1.82) is 0 Å². The molecule has 0 unspecified atom stereocenters. The summed E-state index contributed by atoms with van der Waals surface area (Å²) in [6.07, 6.45) is -0.368. The minimum atomic E-state index is -1.49. The number of hydrogen-bond donors (Lipinski definition) is 2. The van der Waals surface area contributed by atoms with Crippen LogP contribution in [0.3, 0.4) is 0 Å². The number of aliphatic hydroxyl groups is 2. The van der Waals surface area contributed by atoms with E-state index in [2.05, 4.69) is 0 Å². The SMILES string of the molecule is C[C@H]1[C@H](C(C)(C)O)[C@@H](CCO)O[C@]12C(=O)N(Cc1ccc(N3C(=O)COc4ccccc43)cc1)c1ccc(N3C(=O)COc4ccccc43)cc12. The number of fused-ring (bicyclic) bond motifs is 4. The molecule has 4 aromatic carbocycles. The summed E-state index contributed by atoms with van der Waals surface area (Å²) in [4.78, 5) is 46.2. The topological polar surface area (TPSA) is 129 Å². The molecule has 1 saturated heterocycles. The molecule has 4 heterocycles. The van der Waals surface area contributed by atoms with Crippen molar-refractivity contribution in [1.82, 2.24) is 0 Å². The molecule has 4 aliphatic rings. The third-order valence-corrected chi connectivity index (χ3v) is 10.6. The van der Waals surface area contributed by atoms with Crippen LogP contribution in [0, 0.1) is 11.8 Å². The van der Waals surface area contributed by atoms with Gasteiger partial charge in [-0.05, 0) is 80.4 Å². The van der Waals surface area contributed by atoms with E-state index >= 15 is 0 Å². The average Bonchev–Trinajstić information content (AvgIpc) is 3.54. The van der Waals surface area contributed by atoms with Crippen LogP contribution in [0.1, 0.15) is 38.3 Å². The van der Waals surface area contributed by atoms with Gasteiger partial charge >= 0.3 is 0 Å². The van der Waals surface area contributed by atoms with Gasteiger partial charge in [0, 0.05) is 35.4 Å². The maximum atomic E-state index is 15.0. The molecule has 4 aliphatic heterocycles. The zero-order valence-electron chi connectivity index (χ0n) is 28.6. The summed E-state index contributed by atoms with van der Waals surface area (Å²) >= 11 is 0. The third-order valence-electron chi connectivity index (χ3n) is 10.6. The lowest BCUT2D eigenvalue weighted by atomic mass is 9.71. The Labute approximate surface area is 295 Å². The lowest BCUT2D eigenvalue weighted by molar-refractivity contribution is -0.146. The Hall–Kier alpha value is -5.23. The number of ether oxygens (including phenoxy) is 3. The van der Waals surface area contributed by atoms with Gasteiger partial charge in [0.2, 0.25) is 0 Å². The van der Waals surface area contributed by atoms with Gasteiger partial charge in [-0.1, -0.05) is 43.3 Å². The molecule has 0 radical (unpaired) electrons. The summed E-state index contributed by atoms with van der Waals surface area (Å²) in [6.45, 7) is 5.16. The van der Waals surface area contributed by atoms with Crippen molar-refractivity contribution in [3.05, 3.63) is 102 Å². The number of benzene rings is 4. The van der Waals surface area contributed by atoms with Crippen LogP contribution in [-0.4, -0.2) is 59.5 Å². The molecule has 262 valence electrons. The van der Waals surface area contributed by atoms with E-state index in [0.29, 0.717) is 45.5 Å². The molecule has 8 rings (SSSR count). The van der Waals surface area contributed by atoms with Crippen LogP contribution in [0.5, 0.6) is 11.5 Å². The Morgan fingerprint density at radius 1 is 0.784 bits per heavy atom. The van der Waals surface area contributed by atoms with Crippen molar-refractivity contribution in [2.45, 2.75) is 51.0 Å². The van der Waals surface area contributed by atoms with Crippen LogP contribution in [-0.2, 0) is 31.3 Å². The van der Waals surface area contributed by atoms with Crippen molar-refractivity contribution in [2.75, 3.05) is 34.5 Å². The Morgan fingerprint density at radius 2 is 1.35 bits per heavy atom. The molecule has 0 aliphatic carbocycles. The molecule has 0 saturated carbocycles. The molecule has 4 atom stereocenters. The number of carbonyl (C=O) groups excluding carboxylic acids is 3. The molecule has 11 nitrogen and oxygen atoms in total. The predicted octanol–water partition coefficient (Wildman–Crippen LogP) is 5.35. The second kappa shape index (κ2) is 12.2. The quantitative estimate of drug-likeness (QED) is 0.266. The molecule has 2 N–H and O–H groups in total. The van der Waals surface area contributed by atoms with Crippen LogP contribution in [0.25, 0.3) is 0 Å². The number of amides is 3. The second-order valence-electron chi connectivity index (χ2n) is 14.1. The largest absolute Gasteiger partial charge is 0.482 e. The number of aliphatic hydroxyl groups excluding tert-OH is 1. The number of nitrogens with zero attached hydrogens (tertiary/aromatic N) is 3. The van der Waals surface area contributed by atoms with Gasteiger partial charge in [-0.3, -0.25) is 24.2 Å². The molecule has 11 heteroatoms. The fourth-order valence-electron chi connectivity index (χ4n) is 8.46. The maximum Gasteiger partial charge on any atom is 0.269 e. The van der Waals surface area contributed by atoms with E-state index in [1.165, 1.54) is 0 Å². The number of rotatable bonds is 7. The van der Waals surface area contributed by atoms with Gasteiger partial charge in [0.05, 0.1) is 35.3 Å². The summed E-state index contributed by atoms with van der Waals surface area (Å²) < 4.78 is 18.1. The van der Waals surface area contributed by atoms with Crippen LogP contribution in [0.15, 0.2) is 91.0 Å². The zero-order chi connectivity index (χ0) is 35.7. The van der Waals surface area contributed by atoms with E-state index in [1.807, 2.05) is 97.9 Å². The normalized spacial score (nSPS) is 24.0. The van der Waals surface area contributed by atoms with Crippen LogP contribution >= 0.6 is 0 Å². The van der Waals surface area contributed by atoms with Crippen LogP contribution < -0.4 is 24.2 Å². The maximum absolute atomic E-state index is 15.0. The molecular weight excluding hydrogens is 650 g/mol. The third kappa shape index (κ3) is 5.18. The first-order chi connectivity index (χ1) is 24.5. The predicted molar refractivity (Wildman–Crippen MR) is 189 cm³/mol. The standard InChI is InChI=1S/C40H39N3O8/c1-24-37(39(2,3)48)34(18-19-44)51-40(24)28-20-27(43-31-9-5-7-11-33(31)50-23-36(43)46)16-17-29(28)41(38(40)47)21-25-12-14-26(15-13-25)42-30-8-4-6-10-32(30)49-22-35(42)45/h4-17,20,24,34,37,44,48H,18-19,21-23H2,1-3H3/t24-,34+,37-,40+/m0/s1. The summed E-state index contributed by atoms with van der Waals surface area (Å²) in [7, 11) is 0. The first-order valence-electron chi connectivity index (χ1n) is 17.2. The highest BCUT2D eigenvalue weighted by Gasteiger charge is 2.65. The van der Waals surface area contributed by atoms with E-state index in [9.17, 15) is 24.6 Å². The van der Waals surface area contributed by atoms with Crippen molar-refractivity contribution < 1.29 is 38.8 Å². The Morgan fingerprint density at radius 3 is 1.94 bits per heavy atom. The zero-order valence-corrected chi connectivity index (χ0v) is 28.6. The lowest BCUT2D eigenvalue weighted by Gasteiger charge is -2.34. The lowest BCUT2D eigenvalue weighted by Crippen LogP contribution is -2.46. The Kier molecular flexibility index (Phi) is 7.90. The van der Waals surface area contributed by atoms with Crippen molar-refractivity contribution in [2.24, 2.45) is 11.8 Å². The highest BCUT2D eigenvalue weighted by molar-refractivity contribution is 6.10. The van der Waals surface area contributed by atoms with E-state index in [-0.39, 0.29) is 50.5 Å². The van der Waals surface area contributed by atoms with Gasteiger partial charge < -0.3 is 29.3 Å². The number of anilines is 5. The highest BCUT2D eigenvalue weighted by atomic mass is 16.5. The monoisotopic (exact) mass is 689 g/mol. The smallest absolute Gasteiger partial charge is 0.269 e. The second-order valence-corrected chi connectivity index (χ2v) is 14.1. The summed E-state index contributed by atoms with van der Waals surface area (Å²) in [6, 6.07) is 27.7. The number of carbonyl (C=O) groups is 3. The minimum Gasteiger partial charge on any atom is -0.482 e. The van der Waals surface area contributed by atoms with Crippen molar-refractivity contribution >= 4 is 46.2 Å². The van der Waals surface area contributed by atoms with Gasteiger partial charge in [0.1, 0.15) is 11.5 Å². The first kappa shape index (κ1) is 32.9. The molecule has 0 bridgehead atoms. The van der Waals surface area contributed by atoms with Gasteiger partial charge in [-0.15, -0.1) is 0 Å². The van der Waals surface area contributed by atoms with E-state index < -0.39 is 29.1 Å². The molecule has 1 fully saturated rings. The molecule has 0 aromatic heterocycles. The van der Waals surface area contributed by atoms with E-state index in [4.69, 9.17) is 14.2 Å². The van der Waals surface area contributed by atoms with Crippen molar-refractivity contribution in [3.8, 4) is 11.5 Å². The fraction of sp³-hybridized carbons (Fsp3) is 0.325. The number of para-hydroxylation sites is 4. The molecule has 1 spiro atoms. The molecular formula is C40H39N3O8. The van der Waals surface area contributed by atoms with Gasteiger partial charge in [0.25, 0.3) is 17.7 Å². The summed E-state index contributed by atoms with van der Waals surface area (Å²) in [5.41, 5.74) is 1.83. The highest BCUT2D eigenvalue weighted by Crippen LogP contribution is 2.59.